The summed E-state index contributed by atoms with van der Waals surface area (Å²) in [4.78, 5) is 16.5. The van der Waals surface area contributed by atoms with Gasteiger partial charge >= 0.3 is 0 Å². The predicted octanol–water partition coefficient (Wildman–Crippen LogP) is 1.83. The molecule has 2 aromatic rings. The SMILES string of the molecule is COc1ccc(C[NH+]2CCN(C(=O)[C@@H]3COc4ccc(Cl)cc4C3)CC2)cc1. The first-order valence-electron chi connectivity index (χ1n) is 9.79. The van der Waals surface area contributed by atoms with E-state index in [0.29, 0.717) is 18.1 Å². The molecule has 1 saturated heterocycles. The van der Waals surface area contributed by atoms with Gasteiger partial charge in [0.2, 0.25) is 5.91 Å². The Labute approximate surface area is 170 Å². The Morgan fingerprint density at radius 2 is 1.96 bits per heavy atom. The zero-order chi connectivity index (χ0) is 19.5. The minimum Gasteiger partial charge on any atom is -0.497 e. The molecule has 1 amide bonds. The van der Waals surface area contributed by atoms with Crippen LogP contribution in [0.4, 0.5) is 0 Å². The average molecular weight is 402 g/mol. The van der Waals surface area contributed by atoms with Crippen molar-refractivity contribution in [3.63, 3.8) is 0 Å². The van der Waals surface area contributed by atoms with E-state index in [1.807, 2.05) is 35.2 Å². The summed E-state index contributed by atoms with van der Waals surface area (Å²) in [5, 5.41) is 0.686. The maximum Gasteiger partial charge on any atom is 0.229 e. The highest BCUT2D eigenvalue weighted by molar-refractivity contribution is 6.30. The molecule has 148 valence electrons. The topological polar surface area (TPSA) is 43.2 Å². The van der Waals surface area contributed by atoms with E-state index in [2.05, 4.69) is 12.1 Å². The van der Waals surface area contributed by atoms with Gasteiger partial charge in [0, 0.05) is 10.6 Å². The van der Waals surface area contributed by atoms with Crippen LogP contribution in [0, 0.1) is 5.92 Å². The van der Waals surface area contributed by atoms with Crippen molar-refractivity contribution < 1.29 is 19.2 Å². The number of piperazine rings is 1. The summed E-state index contributed by atoms with van der Waals surface area (Å²) in [6, 6.07) is 13.9. The first-order chi connectivity index (χ1) is 13.6. The highest BCUT2D eigenvalue weighted by atomic mass is 35.5. The number of methoxy groups -OCH3 is 1. The number of quaternary nitrogens is 1. The van der Waals surface area contributed by atoms with Crippen molar-refractivity contribution in [2.45, 2.75) is 13.0 Å². The van der Waals surface area contributed by atoms with Crippen LogP contribution in [0.15, 0.2) is 42.5 Å². The molecule has 6 heteroatoms. The van der Waals surface area contributed by atoms with E-state index in [4.69, 9.17) is 21.1 Å². The second-order valence-electron chi connectivity index (χ2n) is 7.56. The molecular formula is C22H26ClN2O3+. The number of fused-ring (bicyclic) bond motifs is 1. The molecule has 1 N–H and O–H groups in total. The molecule has 1 fully saturated rings. The number of ether oxygens (including phenoxy) is 2. The van der Waals surface area contributed by atoms with Gasteiger partial charge in [-0.05, 0) is 54.4 Å². The van der Waals surface area contributed by atoms with Crippen LogP contribution >= 0.6 is 11.6 Å². The Morgan fingerprint density at radius 1 is 1.21 bits per heavy atom. The number of amides is 1. The largest absolute Gasteiger partial charge is 0.497 e. The van der Waals surface area contributed by atoms with Gasteiger partial charge in [0.25, 0.3) is 0 Å². The van der Waals surface area contributed by atoms with E-state index in [1.165, 1.54) is 10.5 Å². The summed E-state index contributed by atoms with van der Waals surface area (Å²) in [6.07, 6.45) is 0.702. The van der Waals surface area contributed by atoms with Crippen molar-refractivity contribution in [1.82, 2.24) is 4.90 Å². The van der Waals surface area contributed by atoms with Gasteiger partial charge in [-0.15, -0.1) is 0 Å². The molecule has 5 nitrogen and oxygen atoms in total. The number of halogens is 1. The van der Waals surface area contributed by atoms with Crippen molar-refractivity contribution in [2.75, 3.05) is 39.9 Å². The van der Waals surface area contributed by atoms with Gasteiger partial charge in [0.1, 0.15) is 24.7 Å². The number of carbonyl (C=O) groups is 1. The van der Waals surface area contributed by atoms with Gasteiger partial charge in [-0.3, -0.25) is 4.79 Å². The lowest BCUT2D eigenvalue weighted by molar-refractivity contribution is -0.917. The Hall–Kier alpha value is -2.24. The van der Waals surface area contributed by atoms with Crippen LogP contribution in [-0.2, 0) is 17.8 Å². The third-order valence-electron chi connectivity index (χ3n) is 5.67. The third-order valence-corrected chi connectivity index (χ3v) is 5.91. The van der Waals surface area contributed by atoms with Crippen molar-refractivity contribution in [3.8, 4) is 11.5 Å². The molecule has 28 heavy (non-hydrogen) atoms. The van der Waals surface area contributed by atoms with Crippen molar-refractivity contribution in [2.24, 2.45) is 5.92 Å². The third kappa shape index (κ3) is 4.26. The van der Waals surface area contributed by atoms with Crippen LogP contribution < -0.4 is 14.4 Å². The first kappa shape index (κ1) is 19.1. The van der Waals surface area contributed by atoms with Crippen LogP contribution in [0.3, 0.4) is 0 Å². The van der Waals surface area contributed by atoms with Crippen LogP contribution in [0.5, 0.6) is 11.5 Å². The Kier molecular flexibility index (Phi) is 5.74. The second kappa shape index (κ2) is 8.41. The molecule has 2 heterocycles. The van der Waals surface area contributed by atoms with Gasteiger partial charge in [0.15, 0.2) is 0 Å². The molecule has 0 aromatic heterocycles. The standard InChI is InChI=1S/C22H25ClN2O3/c1-27-20-5-2-16(3-6-20)14-24-8-10-25(11-9-24)22(26)18-12-17-13-19(23)4-7-21(17)28-15-18/h2-7,13,18H,8-12,14-15H2,1H3/p+1/t18-/m0/s1. The molecule has 0 saturated carbocycles. The van der Waals surface area contributed by atoms with Gasteiger partial charge in [-0.2, -0.15) is 0 Å². The lowest BCUT2D eigenvalue weighted by Crippen LogP contribution is -3.13. The fraction of sp³-hybridized carbons (Fsp3) is 0.409. The molecule has 0 aliphatic carbocycles. The highest BCUT2D eigenvalue weighted by Crippen LogP contribution is 2.30. The Balaban J connectivity index is 1.30. The summed E-state index contributed by atoms with van der Waals surface area (Å²) in [5.74, 6) is 1.82. The Bertz CT molecular complexity index is 832. The van der Waals surface area contributed by atoms with E-state index in [-0.39, 0.29) is 11.8 Å². The Morgan fingerprint density at radius 3 is 2.68 bits per heavy atom. The zero-order valence-electron chi connectivity index (χ0n) is 16.1. The fourth-order valence-corrected chi connectivity index (χ4v) is 4.23. The summed E-state index contributed by atoms with van der Waals surface area (Å²) in [7, 11) is 1.68. The summed E-state index contributed by atoms with van der Waals surface area (Å²) in [5.41, 5.74) is 2.32. The van der Waals surface area contributed by atoms with E-state index in [0.717, 1.165) is 49.8 Å². The van der Waals surface area contributed by atoms with Crippen LogP contribution in [0.1, 0.15) is 11.1 Å². The monoisotopic (exact) mass is 401 g/mol. The van der Waals surface area contributed by atoms with Crippen LogP contribution in [0.25, 0.3) is 0 Å². The minimum absolute atomic E-state index is 0.117. The summed E-state index contributed by atoms with van der Waals surface area (Å²) >= 11 is 6.09. The van der Waals surface area contributed by atoms with Gasteiger partial charge < -0.3 is 19.3 Å². The summed E-state index contributed by atoms with van der Waals surface area (Å²) in [6.45, 7) is 4.95. The zero-order valence-corrected chi connectivity index (χ0v) is 16.9. The quantitative estimate of drug-likeness (QED) is 0.850. The lowest BCUT2D eigenvalue weighted by atomic mass is 9.95. The van der Waals surface area contributed by atoms with E-state index >= 15 is 0 Å². The van der Waals surface area contributed by atoms with Gasteiger partial charge in [-0.1, -0.05) is 11.6 Å². The maximum absolute atomic E-state index is 13.0. The fourth-order valence-electron chi connectivity index (χ4n) is 4.03. The maximum atomic E-state index is 13.0. The second-order valence-corrected chi connectivity index (χ2v) is 8.00. The van der Waals surface area contributed by atoms with E-state index < -0.39 is 0 Å². The number of rotatable bonds is 4. The molecule has 4 rings (SSSR count). The van der Waals surface area contributed by atoms with Gasteiger partial charge in [0.05, 0.1) is 39.2 Å². The molecule has 1 atom stereocenters. The molecule has 0 bridgehead atoms. The number of benzene rings is 2. The molecule has 2 aromatic carbocycles. The molecule has 2 aliphatic heterocycles. The number of nitrogens with one attached hydrogen (secondary N) is 1. The van der Waals surface area contributed by atoms with Crippen LogP contribution in [0.2, 0.25) is 5.02 Å². The highest BCUT2D eigenvalue weighted by Gasteiger charge is 2.32. The van der Waals surface area contributed by atoms with E-state index in [9.17, 15) is 4.79 Å². The van der Waals surface area contributed by atoms with Crippen LogP contribution in [-0.4, -0.2) is 50.7 Å². The molecule has 0 radical (unpaired) electrons. The van der Waals surface area contributed by atoms with E-state index in [1.54, 1.807) is 7.11 Å². The molecular weight excluding hydrogens is 376 g/mol. The van der Waals surface area contributed by atoms with Crippen molar-refractivity contribution in [3.05, 3.63) is 58.6 Å². The molecule has 2 aliphatic rings. The molecule has 0 spiro atoms. The predicted molar refractivity (Wildman–Crippen MR) is 108 cm³/mol. The lowest BCUT2D eigenvalue weighted by Gasteiger charge is -2.35. The normalized spacial score (nSPS) is 19.6. The van der Waals surface area contributed by atoms with Crippen molar-refractivity contribution >= 4 is 17.5 Å². The van der Waals surface area contributed by atoms with Crippen molar-refractivity contribution in [1.29, 1.82) is 0 Å². The first-order valence-corrected chi connectivity index (χ1v) is 10.2. The number of nitrogens with zero attached hydrogens (tertiary/aromatic N) is 1. The average Bonchev–Trinajstić information content (AvgIpc) is 2.74. The molecule has 0 unspecified atom stereocenters. The number of hydrogen-bond acceptors (Lipinski definition) is 3. The summed E-state index contributed by atoms with van der Waals surface area (Å²) < 4.78 is 11.0. The smallest absolute Gasteiger partial charge is 0.229 e. The minimum atomic E-state index is -0.117. The number of hydrogen-bond donors (Lipinski definition) is 1. The van der Waals surface area contributed by atoms with Gasteiger partial charge in [-0.25, -0.2) is 0 Å². The number of carbonyl (C=O) groups excluding carboxylic acids is 1.